The summed E-state index contributed by atoms with van der Waals surface area (Å²) in [5.74, 6) is -0.103. The van der Waals surface area contributed by atoms with Crippen LogP contribution in [0.5, 0.6) is 0 Å². The number of carbonyl (C=O) groups excluding carboxylic acids is 2. The van der Waals surface area contributed by atoms with E-state index in [9.17, 15) is 9.59 Å². The lowest BCUT2D eigenvalue weighted by molar-refractivity contribution is -0.147. The highest BCUT2D eigenvalue weighted by Crippen LogP contribution is 2.36. The number of ether oxygens (including phenoxy) is 2. The predicted molar refractivity (Wildman–Crippen MR) is 126 cm³/mol. The molecule has 2 aromatic rings. The van der Waals surface area contributed by atoms with Gasteiger partial charge in [-0.3, -0.25) is 14.2 Å². The van der Waals surface area contributed by atoms with E-state index >= 15 is 0 Å². The molecule has 0 spiro atoms. The Morgan fingerprint density at radius 1 is 1.18 bits per heavy atom. The lowest BCUT2D eigenvalue weighted by Crippen LogP contribution is -2.39. The van der Waals surface area contributed by atoms with Gasteiger partial charge < -0.3 is 19.9 Å². The fraction of sp³-hybridized carbons (Fsp3) is 0.538. The van der Waals surface area contributed by atoms with Gasteiger partial charge in [-0.25, -0.2) is 0 Å². The van der Waals surface area contributed by atoms with Crippen LogP contribution in [-0.4, -0.2) is 47.0 Å². The third-order valence-corrected chi connectivity index (χ3v) is 6.56. The number of nitrogens with zero attached hydrogens (tertiary/aromatic N) is 1. The number of carbonyl (C=O) groups is 2. The number of para-hydroxylation sites is 1. The molecule has 178 valence electrons. The molecular weight excluding hydrogens is 420 g/mol. The summed E-state index contributed by atoms with van der Waals surface area (Å²) in [5, 5.41) is 13.2. The topological polar surface area (TPSA) is 89.8 Å². The van der Waals surface area contributed by atoms with E-state index in [1.807, 2.05) is 36.5 Å². The fourth-order valence-corrected chi connectivity index (χ4v) is 4.83. The Bertz CT molecular complexity index is 1010. The lowest BCUT2D eigenvalue weighted by atomic mass is 9.92. The van der Waals surface area contributed by atoms with Gasteiger partial charge in [0.25, 0.3) is 5.91 Å². The van der Waals surface area contributed by atoms with Crippen LogP contribution in [0, 0.1) is 0 Å². The van der Waals surface area contributed by atoms with E-state index in [1.165, 1.54) is 6.42 Å². The van der Waals surface area contributed by atoms with Crippen LogP contribution < -0.4 is 5.32 Å². The van der Waals surface area contributed by atoms with Crippen molar-refractivity contribution < 1.29 is 24.2 Å². The minimum absolute atomic E-state index is 0.0550. The molecule has 1 aromatic carbocycles. The minimum atomic E-state index is -0.565. The van der Waals surface area contributed by atoms with Gasteiger partial charge in [0.15, 0.2) is 5.76 Å². The molecule has 2 N–H and O–H groups in total. The molecule has 2 heterocycles. The van der Waals surface area contributed by atoms with Crippen LogP contribution in [0.15, 0.2) is 42.3 Å². The monoisotopic (exact) mass is 454 g/mol. The van der Waals surface area contributed by atoms with Crippen LogP contribution >= 0.6 is 0 Å². The molecule has 7 nitrogen and oxygen atoms in total. The van der Waals surface area contributed by atoms with Crippen molar-refractivity contribution in [2.75, 3.05) is 13.2 Å². The van der Waals surface area contributed by atoms with Gasteiger partial charge in [-0.2, -0.15) is 0 Å². The summed E-state index contributed by atoms with van der Waals surface area (Å²) in [6.07, 6.45) is 10.6. The first-order chi connectivity index (χ1) is 16.1. The van der Waals surface area contributed by atoms with Crippen LogP contribution in [0.3, 0.4) is 0 Å². The molecule has 2 aliphatic rings. The Morgan fingerprint density at radius 3 is 2.73 bits per heavy atom. The summed E-state index contributed by atoms with van der Waals surface area (Å²) < 4.78 is 13.6. The average Bonchev–Trinajstić information content (AvgIpc) is 3.22. The average molecular weight is 455 g/mol. The zero-order chi connectivity index (χ0) is 23.2. The normalized spacial score (nSPS) is 21.5. The predicted octanol–water partition coefficient (Wildman–Crippen LogP) is 4.25. The molecule has 0 radical (unpaired) electrons. The first-order valence-electron chi connectivity index (χ1n) is 12.1. The van der Waals surface area contributed by atoms with Crippen molar-refractivity contribution in [2.24, 2.45) is 0 Å². The maximum Gasteiger partial charge on any atom is 0.286 e. The van der Waals surface area contributed by atoms with Crippen molar-refractivity contribution in [3.05, 3.63) is 47.9 Å². The number of aliphatic hydroxyl groups excluding tert-OH is 1. The number of hydrogen-bond acceptors (Lipinski definition) is 5. The first kappa shape index (κ1) is 23.5. The summed E-state index contributed by atoms with van der Waals surface area (Å²) in [6.45, 7) is 2.12. The number of allylic oxidation sites excluding steroid dienone is 1. The molecule has 1 amide bonds. The van der Waals surface area contributed by atoms with E-state index in [0.29, 0.717) is 19.4 Å². The molecule has 0 bridgehead atoms. The van der Waals surface area contributed by atoms with Gasteiger partial charge in [0, 0.05) is 43.5 Å². The number of hydrogen-bond donors (Lipinski definition) is 2. The Kier molecular flexibility index (Phi) is 7.83. The number of unbranched alkanes of at least 4 members (excludes halogenated alkanes) is 1. The van der Waals surface area contributed by atoms with Gasteiger partial charge in [-0.05, 0) is 43.4 Å². The fourth-order valence-electron chi connectivity index (χ4n) is 4.83. The largest absolute Gasteiger partial charge is 0.459 e. The van der Waals surface area contributed by atoms with Gasteiger partial charge in [0.05, 0.1) is 12.1 Å². The molecule has 1 aliphatic carbocycles. The van der Waals surface area contributed by atoms with E-state index in [1.54, 1.807) is 11.5 Å². The van der Waals surface area contributed by atoms with Crippen molar-refractivity contribution in [3.63, 3.8) is 0 Å². The van der Waals surface area contributed by atoms with E-state index in [4.69, 9.17) is 14.6 Å². The van der Waals surface area contributed by atoms with Crippen molar-refractivity contribution in [1.82, 2.24) is 9.88 Å². The van der Waals surface area contributed by atoms with E-state index in [0.717, 1.165) is 48.6 Å². The number of nitrogens with one attached hydrogen (secondary N) is 1. The van der Waals surface area contributed by atoms with E-state index in [-0.39, 0.29) is 36.1 Å². The smallest absolute Gasteiger partial charge is 0.286 e. The van der Waals surface area contributed by atoms with Crippen LogP contribution in [0.2, 0.25) is 0 Å². The number of aliphatic hydroxyl groups is 1. The van der Waals surface area contributed by atoms with Gasteiger partial charge in [-0.15, -0.1) is 0 Å². The van der Waals surface area contributed by atoms with Crippen LogP contribution in [0.25, 0.3) is 10.9 Å². The first-order valence-corrected chi connectivity index (χ1v) is 12.1. The van der Waals surface area contributed by atoms with Crippen LogP contribution in [-0.2, 0) is 14.3 Å². The Labute approximate surface area is 194 Å². The Balaban J connectivity index is 1.60. The molecule has 1 saturated carbocycles. The lowest BCUT2D eigenvalue weighted by Gasteiger charge is -2.30. The molecule has 0 unspecified atom stereocenters. The molecule has 2 atom stereocenters. The van der Waals surface area contributed by atoms with Crippen molar-refractivity contribution in [3.8, 4) is 0 Å². The third-order valence-electron chi connectivity index (χ3n) is 6.56. The molecular formula is C26H34N2O5. The summed E-state index contributed by atoms with van der Waals surface area (Å²) in [4.78, 5) is 25.3. The van der Waals surface area contributed by atoms with E-state index < -0.39 is 6.29 Å². The molecule has 7 heteroatoms. The molecule has 1 fully saturated rings. The van der Waals surface area contributed by atoms with Crippen molar-refractivity contribution >= 4 is 22.7 Å². The summed E-state index contributed by atoms with van der Waals surface area (Å²) >= 11 is 0. The minimum Gasteiger partial charge on any atom is -0.459 e. The van der Waals surface area contributed by atoms with Crippen molar-refractivity contribution in [1.29, 1.82) is 0 Å². The Morgan fingerprint density at radius 2 is 1.97 bits per heavy atom. The summed E-state index contributed by atoms with van der Waals surface area (Å²) in [7, 11) is 0. The maximum atomic E-state index is 13.1. The number of aromatic nitrogens is 1. The van der Waals surface area contributed by atoms with Gasteiger partial charge in [-0.1, -0.05) is 37.5 Å². The summed E-state index contributed by atoms with van der Waals surface area (Å²) in [6, 6.07) is 8.00. The second-order valence-corrected chi connectivity index (χ2v) is 9.02. The van der Waals surface area contributed by atoms with Crippen LogP contribution in [0.1, 0.15) is 74.6 Å². The molecule has 1 aliphatic heterocycles. The number of fused-ring (bicyclic) bond motifs is 1. The Hall–Kier alpha value is -2.64. The molecule has 0 saturated heterocycles. The highest BCUT2D eigenvalue weighted by Gasteiger charge is 2.31. The summed E-state index contributed by atoms with van der Waals surface area (Å²) in [5.41, 5.74) is 1.84. The SMILES string of the molecule is CC(=O)n1cc([C@@H]2C=C(C(=O)NC3CCCCC3)O[C@H](OCCCCO)C2)c2ccccc21. The second-order valence-electron chi connectivity index (χ2n) is 9.02. The molecule has 4 rings (SSSR count). The highest BCUT2D eigenvalue weighted by molar-refractivity contribution is 5.95. The third kappa shape index (κ3) is 5.65. The number of rotatable bonds is 8. The van der Waals surface area contributed by atoms with Gasteiger partial charge >= 0.3 is 0 Å². The van der Waals surface area contributed by atoms with Crippen molar-refractivity contribution in [2.45, 2.75) is 76.5 Å². The van der Waals surface area contributed by atoms with Gasteiger partial charge in [0.2, 0.25) is 12.2 Å². The second kappa shape index (κ2) is 11.0. The van der Waals surface area contributed by atoms with Gasteiger partial charge in [0.1, 0.15) is 0 Å². The standard InChI is InChI=1S/C26H34N2O5/c1-18(30)28-17-22(21-11-5-6-12-23(21)28)19-15-24(26(31)27-20-9-3-2-4-10-20)33-25(16-19)32-14-8-7-13-29/h5-6,11-12,15,17,19-20,25,29H,2-4,7-10,13-14,16H2,1H3,(H,27,31)/t19-,25+/m1/s1. The molecule has 1 aromatic heterocycles. The number of amides is 1. The zero-order valence-electron chi connectivity index (χ0n) is 19.3. The maximum absolute atomic E-state index is 13.1. The molecule has 33 heavy (non-hydrogen) atoms. The quantitative estimate of drug-likeness (QED) is 0.582. The number of benzene rings is 1. The zero-order valence-corrected chi connectivity index (χ0v) is 19.3. The highest BCUT2D eigenvalue weighted by atomic mass is 16.7. The van der Waals surface area contributed by atoms with E-state index in [2.05, 4.69) is 5.32 Å². The van der Waals surface area contributed by atoms with Crippen LogP contribution in [0.4, 0.5) is 0 Å².